The Morgan fingerprint density at radius 3 is 2.76 bits per heavy atom. The van der Waals surface area contributed by atoms with Gasteiger partial charge in [-0.3, -0.25) is 4.98 Å². The first-order valence-electron chi connectivity index (χ1n) is 7.17. The van der Waals surface area contributed by atoms with E-state index in [0.29, 0.717) is 6.61 Å². The molecule has 1 N–H and O–H groups in total. The predicted molar refractivity (Wildman–Crippen MR) is 83.7 cm³/mol. The first kappa shape index (κ1) is 15.3. The Labute approximate surface area is 126 Å². The maximum atomic E-state index is 5.60. The number of aromatic nitrogens is 1. The molecule has 0 saturated carbocycles. The van der Waals surface area contributed by atoms with Gasteiger partial charge in [0.05, 0.1) is 13.7 Å². The van der Waals surface area contributed by atoms with Crippen molar-refractivity contribution in [2.75, 3.05) is 13.7 Å². The fraction of sp³-hybridized carbons (Fsp3) is 0.353. The van der Waals surface area contributed by atoms with E-state index >= 15 is 0 Å². The van der Waals surface area contributed by atoms with E-state index in [4.69, 9.17) is 9.47 Å². The van der Waals surface area contributed by atoms with Crippen molar-refractivity contribution in [2.24, 2.45) is 0 Å². The number of nitrogens with one attached hydrogen (secondary N) is 1. The van der Waals surface area contributed by atoms with Crippen molar-refractivity contribution in [3.63, 3.8) is 0 Å². The number of methoxy groups -OCH3 is 1. The number of nitrogens with zero attached hydrogens (tertiary/aromatic N) is 1. The molecule has 4 nitrogen and oxygen atoms in total. The van der Waals surface area contributed by atoms with Crippen LogP contribution in [0.2, 0.25) is 0 Å². The predicted octanol–water partition coefficient (Wildman–Crippen LogP) is 3.34. The summed E-state index contributed by atoms with van der Waals surface area (Å²) in [7, 11) is 1.65. The maximum absolute atomic E-state index is 5.60. The Bertz CT molecular complexity index is 558. The SMILES string of the molecule is CCOc1cc(CN[C@H](C)c2cccnc2)ccc1OC. The van der Waals surface area contributed by atoms with Crippen molar-refractivity contribution in [3.8, 4) is 11.5 Å². The lowest BCUT2D eigenvalue weighted by molar-refractivity contribution is 0.310. The molecule has 0 aliphatic carbocycles. The van der Waals surface area contributed by atoms with Gasteiger partial charge in [-0.05, 0) is 43.2 Å². The molecule has 1 aromatic carbocycles. The van der Waals surface area contributed by atoms with Crippen LogP contribution in [0.15, 0.2) is 42.7 Å². The van der Waals surface area contributed by atoms with Crippen molar-refractivity contribution in [1.29, 1.82) is 0 Å². The molecule has 112 valence electrons. The van der Waals surface area contributed by atoms with Crippen molar-refractivity contribution >= 4 is 0 Å². The van der Waals surface area contributed by atoms with Crippen molar-refractivity contribution in [3.05, 3.63) is 53.9 Å². The highest BCUT2D eigenvalue weighted by Crippen LogP contribution is 2.28. The monoisotopic (exact) mass is 286 g/mol. The molecule has 2 aromatic rings. The molecule has 0 radical (unpaired) electrons. The van der Waals surface area contributed by atoms with Gasteiger partial charge in [-0.25, -0.2) is 0 Å². The van der Waals surface area contributed by atoms with E-state index in [9.17, 15) is 0 Å². The minimum atomic E-state index is 0.247. The molecule has 4 heteroatoms. The van der Waals surface area contributed by atoms with E-state index in [1.165, 1.54) is 5.56 Å². The van der Waals surface area contributed by atoms with Gasteiger partial charge < -0.3 is 14.8 Å². The highest BCUT2D eigenvalue weighted by Gasteiger charge is 2.08. The van der Waals surface area contributed by atoms with E-state index in [-0.39, 0.29) is 6.04 Å². The van der Waals surface area contributed by atoms with Gasteiger partial charge in [0.15, 0.2) is 11.5 Å². The van der Waals surface area contributed by atoms with Gasteiger partial charge in [-0.15, -0.1) is 0 Å². The average Bonchev–Trinajstić information content (AvgIpc) is 2.54. The Morgan fingerprint density at radius 2 is 2.10 bits per heavy atom. The minimum Gasteiger partial charge on any atom is -0.493 e. The molecule has 0 unspecified atom stereocenters. The zero-order valence-corrected chi connectivity index (χ0v) is 12.8. The van der Waals surface area contributed by atoms with Gasteiger partial charge >= 0.3 is 0 Å². The van der Waals surface area contributed by atoms with Crippen LogP contribution in [0, 0.1) is 0 Å². The highest BCUT2D eigenvalue weighted by atomic mass is 16.5. The van der Waals surface area contributed by atoms with Crippen LogP contribution in [0.1, 0.15) is 31.0 Å². The number of ether oxygens (including phenoxy) is 2. The first-order chi connectivity index (χ1) is 10.2. The van der Waals surface area contributed by atoms with Crippen LogP contribution in [0.4, 0.5) is 0 Å². The number of pyridine rings is 1. The number of benzene rings is 1. The lowest BCUT2D eigenvalue weighted by atomic mass is 10.1. The number of hydrogen-bond acceptors (Lipinski definition) is 4. The molecule has 2 rings (SSSR count). The van der Waals surface area contributed by atoms with Crippen LogP contribution in [0.5, 0.6) is 11.5 Å². The minimum absolute atomic E-state index is 0.247. The Kier molecular flexibility index (Phi) is 5.58. The summed E-state index contributed by atoms with van der Waals surface area (Å²) in [5.74, 6) is 1.55. The van der Waals surface area contributed by atoms with E-state index in [0.717, 1.165) is 23.6 Å². The van der Waals surface area contributed by atoms with Crippen LogP contribution in [-0.2, 0) is 6.54 Å². The third-order valence-corrected chi connectivity index (χ3v) is 3.32. The Balaban J connectivity index is 2.01. The average molecular weight is 286 g/mol. The smallest absolute Gasteiger partial charge is 0.161 e. The zero-order valence-electron chi connectivity index (χ0n) is 12.8. The molecule has 0 aliphatic rings. The zero-order chi connectivity index (χ0) is 15.1. The summed E-state index contributed by atoms with van der Waals surface area (Å²) < 4.78 is 10.9. The van der Waals surface area contributed by atoms with Crippen molar-refractivity contribution in [1.82, 2.24) is 10.3 Å². The Hall–Kier alpha value is -2.07. The molecular formula is C17H22N2O2. The van der Waals surface area contributed by atoms with Crippen LogP contribution in [0.3, 0.4) is 0 Å². The first-order valence-corrected chi connectivity index (χ1v) is 7.17. The molecular weight excluding hydrogens is 264 g/mol. The Morgan fingerprint density at radius 1 is 1.24 bits per heavy atom. The molecule has 1 heterocycles. The van der Waals surface area contributed by atoms with Gasteiger partial charge in [0, 0.05) is 25.0 Å². The fourth-order valence-corrected chi connectivity index (χ4v) is 2.12. The standard InChI is InChI=1S/C17H22N2O2/c1-4-21-17-10-14(7-8-16(17)20-3)11-19-13(2)15-6-5-9-18-12-15/h5-10,12-13,19H,4,11H2,1-3H3/t13-/m1/s1. The summed E-state index contributed by atoms with van der Waals surface area (Å²) >= 11 is 0. The molecule has 0 saturated heterocycles. The van der Waals surface area contributed by atoms with Gasteiger partial charge in [0.1, 0.15) is 0 Å². The second-order valence-corrected chi connectivity index (χ2v) is 4.81. The number of rotatable bonds is 7. The van der Waals surface area contributed by atoms with Crippen LogP contribution < -0.4 is 14.8 Å². The lowest BCUT2D eigenvalue weighted by Crippen LogP contribution is -2.18. The molecule has 0 amide bonds. The summed E-state index contributed by atoms with van der Waals surface area (Å²) in [6.07, 6.45) is 3.67. The molecule has 1 atom stereocenters. The molecule has 0 bridgehead atoms. The van der Waals surface area contributed by atoms with E-state index in [1.807, 2.05) is 37.4 Å². The van der Waals surface area contributed by atoms with Crippen LogP contribution in [-0.4, -0.2) is 18.7 Å². The van der Waals surface area contributed by atoms with Gasteiger partial charge in [0.25, 0.3) is 0 Å². The topological polar surface area (TPSA) is 43.4 Å². The van der Waals surface area contributed by atoms with Gasteiger partial charge in [-0.1, -0.05) is 12.1 Å². The number of hydrogen-bond donors (Lipinski definition) is 1. The van der Waals surface area contributed by atoms with Crippen molar-refractivity contribution in [2.45, 2.75) is 26.4 Å². The summed E-state index contributed by atoms with van der Waals surface area (Å²) in [4.78, 5) is 4.15. The van der Waals surface area contributed by atoms with Crippen molar-refractivity contribution < 1.29 is 9.47 Å². The largest absolute Gasteiger partial charge is 0.493 e. The van der Waals surface area contributed by atoms with Crippen LogP contribution >= 0.6 is 0 Å². The van der Waals surface area contributed by atoms with Gasteiger partial charge in [0.2, 0.25) is 0 Å². The highest BCUT2D eigenvalue weighted by molar-refractivity contribution is 5.43. The van der Waals surface area contributed by atoms with E-state index < -0.39 is 0 Å². The molecule has 21 heavy (non-hydrogen) atoms. The quantitative estimate of drug-likeness (QED) is 0.847. The normalized spacial score (nSPS) is 12.0. The second kappa shape index (κ2) is 7.64. The van der Waals surface area contributed by atoms with E-state index in [2.05, 4.69) is 23.3 Å². The summed E-state index contributed by atoms with van der Waals surface area (Å²) in [5.41, 5.74) is 2.34. The molecule has 0 aliphatic heterocycles. The molecule has 1 aromatic heterocycles. The lowest BCUT2D eigenvalue weighted by Gasteiger charge is -2.15. The maximum Gasteiger partial charge on any atom is 0.161 e. The summed E-state index contributed by atoms with van der Waals surface area (Å²) in [5, 5.41) is 3.49. The molecule has 0 fully saturated rings. The second-order valence-electron chi connectivity index (χ2n) is 4.81. The van der Waals surface area contributed by atoms with E-state index in [1.54, 1.807) is 13.3 Å². The summed E-state index contributed by atoms with van der Waals surface area (Å²) in [6.45, 7) is 5.48. The third-order valence-electron chi connectivity index (χ3n) is 3.32. The van der Waals surface area contributed by atoms with Gasteiger partial charge in [-0.2, -0.15) is 0 Å². The molecule has 0 spiro atoms. The third kappa shape index (κ3) is 4.20. The summed E-state index contributed by atoms with van der Waals surface area (Å²) in [6, 6.07) is 10.3. The van der Waals surface area contributed by atoms with Crippen LogP contribution in [0.25, 0.3) is 0 Å². The fourth-order valence-electron chi connectivity index (χ4n) is 2.12.